The quantitative estimate of drug-likeness (QED) is 0.159. The summed E-state index contributed by atoms with van der Waals surface area (Å²) in [5.74, 6) is -0.235. The minimum atomic E-state index is -4.62. The Morgan fingerprint density at radius 2 is 1.56 bits per heavy atom. The van der Waals surface area contributed by atoms with Gasteiger partial charge in [-0.25, -0.2) is 28.7 Å². The van der Waals surface area contributed by atoms with Crippen LogP contribution in [-0.2, 0) is 43.9 Å². The first-order chi connectivity index (χ1) is 21.3. The van der Waals surface area contributed by atoms with Crippen LogP contribution in [0.4, 0.5) is 20.5 Å². The number of nitrogens with zero attached hydrogens (tertiary/aromatic N) is 7. The molecule has 10 atom stereocenters. The van der Waals surface area contributed by atoms with Gasteiger partial charge >= 0.3 is 6.72 Å². The lowest BCUT2D eigenvalue weighted by Crippen LogP contribution is -2.37. The highest BCUT2D eigenvalue weighted by atomic mass is 32.5. The monoisotopic (exact) mass is 688 g/mol. The molecule has 3 saturated heterocycles. The summed E-state index contributed by atoms with van der Waals surface area (Å²) in [6, 6.07) is 0. The molecule has 0 amide bonds. The van der Waals surface area contributed by atoms with Gasteiger partial charge in [0.25, 0.3) is 13.0 Å². The fourth-order valence-corrected chi connectivity index (χ4v) is 7.71. The lowest BCUT2D eigenvalue weighted by atomic mass is 10.1. The second-order valence-corrected chi connectivity index (χ2v) is 14.5. The summed E-state index contributed by atoms with van der Waals surface area (Å²) in [4.78, 5) is 45.3. The number of nitrogens with one attached hydrogen (secondary N) is 1. The van der Waals surface area contributed by atoms with E-state index in [2.05, 4.69) is 29.9 Å². The maximum atomic E-state index is 16.0. The largest absolute Gasteiger partial charge is 0.382 e. The second-order valence-electron chi connectivity index (χ2n) is 10.1. The maximum Gasteiger partial charge on any atom is 0.325 e. The number of alkyl halides is 2. The Bertz CT molecular complexity index is 1950. The topological polar surface area (TPSA) is 252 Å². The van der Waals surface area contributed by atoms with Crippen molar-refractivity contribution in [3.05, 3.63) is 29.3 Å². The van der Waals surface area contributed by atoms with Crippen LogP contribution in [0.15, 0.2) is 23.8 Å². The van der Waals surface area contributed by atoms with Gasteiger partial charge in [0, 0.05) is 0 Å². The third-order valence-electron chi connectivity index (χ3n) is 7.26. The molecule has 0 spiro atoms. The third-order valence-corrected chi connectivity index (χ3v) is 9.87. The first-order valence-corrected chi connectivity index (χ1v) is 17.1. The molecule has 2 radical (unpaired) electrons. The molecule has 25 heteroatoms. The Balaban J connectivity index is 1.17. The number of ether oxygens (including phenoxy) is 2. The standard InChI is InChI=1S/C20H21BF2N10O9P2S/c21-43(35)37-1-6-13(9(23)19(39-6)33-5-29-11-16(33)30-20(25)31-17(11)34)42-44(36,45)38-2-7-12(41-43)8(22)18(40-7)32-4-28-10-14(24)26-3-27-15(10)32/h3-9,12-13,18-19H,1-2H2,(H,36,45)(H2,24,26,27)(H3,25,30,31,34)/t6-,7-,8+,9?,12?,13+,18-,19-,43+,44?/m1/s1. The van der Waals surface area contributed by atoms with E-state index in [9.17, 15) is 14.3 Å². The van der Waals surface area contributed by atoms with Crippen LogP contribution in [0.2, 0.25) is 0 Å². The highest BCUT2D eigenvalue weighted by molar-refractivity contribution is 8.07. The van der Waals surface area contributed by atoms with Crippen molar-refractivity contribution in [3.8, 4) is 0 Å². The van der Waals surface area contributed by atoms with Crippen LogP contribution in [0.3, 0.4) is 0 Å². The molecule has 4 aromatic heterocycles. The lowest BCUT2D eigenvalue weighted by Gasteiger charge is -2.29. The molecule has 4 aromatic rings. The number of halogens is 2. The van der Waals surface area contributed by atoms with Crippen LogP contribution in [0.5, 0.6) is 0 Å². The molecule has 7 heterocycles. The summed E-state index contributed by atoms with van der Waals surface area (Å²) in [5.41, 5.74) is 10.8. The van der Waals surface area contributed by atoms with Crippen LogP contribution < -0.4 is 17.0 Å². The van der Waals surface area contributed by atoms with Crippen molar-refractivity contribution >= 4 is 67.7 Å². The maximum absolute atomic E-state index is 16.0. The van der Waals surface area contributed by atoms with Gasteiger partial charge in [0.1, 0.15) is 36.3 Å². The number of nitrogen functional groups attached to an aromatic ring is 2. The van der Waals surface area contributed by atoms with Crippen LogP contribution in [0.1, 0.15) is 12.5 Å². The van der Waals surface area contributed by atoms with Gasteiger partial charge in [-0.1, -0.05) is 0 Å². The van der Waals surface area contributed by atoms with Crippen LogP contribution in [0.25, 0.3) is 22.3 Å². The molecule has 45 heavy (non-hydrogen) atoms. The third kappa shape index (κ3) is 5.45. The van der Waals surface area contributed by atoms with E-state index in [1.807, 2.05) is 0 Å². The molecule has 3 aliphatic rings. The molecule has 0 saturated carbocycles. The van der Waals surface area contributed by atoms with Gasteiger partial charge < -0.3 is 39.4 Å². The molecule has 7 rings (SSSR count). The number of aromatic amines is 1. The predicted molar refractivity (Wildman–Crippen MR) is 151 cm³/mol. The predicted octanol–water partition coefficient (Wildman–Crippen LogP) is -0.0945. The Morgan fingerprint density at radius 1 is 0.956 bits per heavy atom. The Hall–Kier alpha value is -2.98. The molecule has 19 nitrogen and oxygen atoms in total. The van der Waals surface area contributed by atoms with Gasteiger partial charge in [0.15, 0.2) is 47.4 Å². The number of hydrogen-bond donors (Lipinski definition) is 4. The zero-order valence-electron chi connectivity index (χ0n) is 22.4. The Labute approximate surface area is 255 Å². The SMILES string of the molecule is [B][P@]1(=O)OC[C@H]2O[C@@H](n3cnc4c(=O)[nH]c(N)nc43)C(F)[C@H]2OP(O)(=S)OC[C@H]2O[C@@H](n3cnc4c(N)ncnc43)[C@@H](F)C2O1. The molecular weight excluding hydrogens is 667 g/mol. The second kappa shape index (κ2) is 11.1. The molecule has 3 unspecified atom stereocenters. The van der Waals surface area contributed by atoms with E-state index in [4.69, 9.17) is 58.4 Å². The van der Waals surface area contributed by atoms with Crippen LogP contribution >= 0.6 is 14.2 Å². The lowest BCUT2D eigenvalue weighted by molar-refractivity contribution is -0.0566. The number of imidazole rings is 2. The van der Waals surface area contributed by atoms with Crippen molar-refractivity contribution in [2.45, 2.75) is 49.2 Å². The van der Waals surface area contributed by atoms with Crippen molar-refractivity contribution < 1.29 is 45.8 Å². The van der Waals surface area contributed by atoms with Crippen LogP contribution in [0, 0.1) is 0 Å². The Morgan fingerprint density at radius 3 is 2.24 bits per heavy atom. The van der Waals surface area contributed by atoms with Gasteiger partial charge in [-0.3, -0.25) is 28.0 Å². The Kier molecular flexibility index (Phi) is 7.55. The summed E-state index contributed by atoms with van der Waals surface area (Å²) in [7, 11) is 1.20. The van der Waals surface area contributed by atoms with Gasteiger partial charge in [-0.15, -0.1) is 0 Å². The van der Waals surface area contributed by atoms with E-state index in [1.165, 1.54) is 10.9 Å². The molecule has 238 valence electrons. The number of fused-ring (bicyclic) bond motifs is 4. The summed E-state index contributed by atoms with van der Waals surface area (Å²) >= 11 is 5.12. The van der Waals surface area contributed by atoms with E-state index in [-0.39, 0.29) is 34.1 Å². The van der Waals surface area contributed by atoms with Gasteiger partial charge in [0.05, 0.1) is 25.9 Å². The zero-order valence-corrected chi connectivity index (χ0v) is 25.0. The van der Waals surface area contributed by atoms with E-state index < -0.39 is 82.2 Å². The number of hydrogen-bond acceptors (Lipinski definition) is 16. The van der Waals surface area contributed by atoms with E-state index in [0.29, 0.717) is 0 Å². The van der Waals surface area contributed by atoms with Gasteiger partial charge in [-0.2, -0.15) is 4.98 Å². The number of rotatable bonds is 2. The number of H-pyrrole nitrogens is 1. The minimum absolute atomic E-state index is 0.0349. The summed E-state index contributed by atoms with van der Waals surface area (Å²) < 4.78 is 80.7. The van der Waals surface area contributed by atoms with Crippen molar-refractivity contribution in [2.75, 3.05) is 24.7 Å². The fraction of sp³-hybridized carbons (Fsp3) is 0.500. The average molecular weight is 688 g/mol. The first kappa shape index (κ1) is 30.7. The summed E-state index contributed by atoms with van der Waals surface area (Å²) in [5, 5.41) is 0. The van der Waals surface area contributed by atoms with Crippen molar-refractivity contribution in [2.24, 2.45) is 0 Å². The molecular formula is C20H21BF2N10O9P2S. The van der Waals surface area contributed by atoms with Gasteiger partial charge in [0.2, 0.25) is 13.5 Å². The number of anilines is 2. The molecule has 3 aliphatic heterocycles. The summed E-state index contributed by atoms with van der Waals surface area (Å²) in [6.07, 6.45) is -9.99. The molecule has 3 fully saturated rings. The van der Waals surface area contributed by atoms with Crippen molar-refractivity contribution in [3.63, 3.8) is 0 Å². The van der Waals surface area contributed by atoms with E-state index in [1.54, 1.807) is 0 Å². The average Bonchev–Trinajstić information content (AvgIpc) is 3.72. The van der Waals surface area contributed by atoms with E-state index >= 15 is 8.78 Å². The first-order valence-electron chi connectivity index (χ1n) is 12.9. The molecule has 6 N–H and O–H groups in total. The highest BCUT2D eigenvalue weighted by Crippen LogP contribution is 2.54. The molecule has 0 aromatic carbocycles. The van der Waals surface area contributed by atoms with E-state index in [0.717, 1.165) is 17.2 Å². The van der Waals surface area contributed by atoms with Crippen molar-refractivity contribution in [1.29, 1.82) is 0 Å². The zero-order chi connectivity index (χ0) is 31.8. The number of nitrogens with two attached hydrogens (primary N) is 2. The fourth-order valence-electron chi connectivity index (χ4n) is 5.27. The molecule has 0 bridgehead atoms. The van der Waals surface area contributed by atoms with Crippen LogP contribution in [-0.4, -0.2) is 101 Å². The molecule has 0 aliphatic carbocycles. The highest BCUT2D eigenvalue weighted by Gasteiger charge is 2.53. The summed E-state index contributed by atoms with van der Waals surface area (Å²) in [6.45, 7) is -5.72. The minimum Gasteiger partial charge on any atom is -0.382 e. The normalized spacial score (nSPS) is 37.7. The smallest absolute Gasteiger partial charge is 0.325 e. The van der Waals surface area contributed by atoms with Crippen molar-refractivity contribution in [1.82, 2.24) is 39.0 Å². The number of aromatic nitrogens is 8. The van der Waals surface area contributed by atoms with Gasteiger partial charge in [-0.05, 0) is 11.8 Å².